The van der Waals surface area contributed by atoms with Gasteiger partial charge >= 0.3 is 0 Å². The Balaban J connectivity index is 1.59. The van der Waals surface area contributed by atoms with Crippen molar-refractivity contribution in [3.63, 3.8) is 0 Å². The normalized spacial score (nSPS) is 16.0. The molecule has 1 N–H and O–H groups in total. The van der Waals surface area contributed by atoms with Crippen LogP contribution in [0.4, 0.5) is 0 Å². The van der Waals surface area contributed by atoms with Crippen LogP contribution in [0.1, 0.15) is 15.9 Å². The van der Waals surface area contributed by atoms with Gasteiger partial charge in [0.15, 0.2) is 0 Å². The molecule has 23 heavy (non-hydrogen) atoms. The zero-order valence-electron chi connectivity index (χ0n) is 12.6. The molecule has 1 heterocycles. The van der Waals surface area contributed by atoms with E-state index in [-0.39, 0.29) is 12.0 Å². The number of hydrogen-bond acceptors (Lipinski definition) is 3. The molecule has 0 bridgehead atoms. The molecule has 1 saturated heterocycles. The van der Waals surface area contributed by atoms with Crippen LogP contribution in [0, 0.1) is 0 Å². The van der Waals surface area contributed by atoms with Crippen molar-refractivity contribution < 1.29 is 14.3 Å². The van der Waals surface area contributed by atoms with Crippen molar-refractivity contribution in [3.05, 3.63) is 64.7 Å². The maximum Gasteiger partial charge on any atom is 0.255 e. The molecule has 1 amide bonds. The van der Waals surface area contributed by atoms with E-state index in [9.17, 15) is 4.79 Å². The Morgan fingerprint density at radius 3 is 2.78 bits per heavy atom. The van der Waals surface area contributed by atoms with Gasteiger partial charge in [-0.3, -0.25) is 4.79 Å². The Hall–Kier alpha value is -2.04. The van der Waals surface area contributed by atoms with E-state index < -0.39 is 0 Å². The minimum absolute atomic E-state index is 0.139. The van der Waals surface area contributed by atoms with Gasteiger partial charge in [0, 0.05) is 11.6 Å². The Bertz CT molecular complexity index is 671. The molecule has 2 aromatic carbocycles. The number of epoxide rings is 1. The Morgan fingerprint density at radius 2 is 2.04 bits per heavy atom. The highest BCUT2D eigenvalue weighted by molar-refractivity contribution is 6.31. The van der Waals surface area contributed by atoms with Crippen molar-refractivity contribution in [3.8, 4) is 5.75 Å². The van der Waals surface area contributed by atoms with Crippen LogP contribution in [0.2, 0.25) is 5.02 Å². The highest BCUT2D eigenvalue weighted by Gasteiger charge is 2.24. The van der Waals surface area contributed by atoms with E-state index in [4.69, 9.17) is 21.1 Å². The zero-order valence-corrected chi connectivity index (χ0v) is 13.4. The highest BCUT2D eigenvalue weighted by atomic mass is 35.5. The third kappa shape index (κ3) is 4.71. The van der Waals surface area contributed by atoms with Crippen molar-refractivity contribution >= 4 is 17.5 Å². The predicted molar refractivity (Wildman–Crippen MR) is 89.2 cm³/mol. The molecule has 0 spiro atoms. The van der Waals surface area contributed by atoms with E-state index in [1.807, 2.05) is 30.3 Å². The number of benzene rings is 2. The van der Waals surface area contributed by atoms with Crippen LogP contribution in [0.15, 0.2) is 48.5 Å². The molecule has 5 heteroatoms. The van der Waals surface area contributed by atoms with E-state index in [2.05, 4.69) is 5.32 Å². The van der Waals surface area contributed by atoms with Crippen LogP contribution in [0.5, 0.6) is 5.75 Å². The maximum absolute atomic E-state index is 12.4. The van der Waals surface area contributed by atoms with E-state index >= 15 is 0 Å². The lowest BCUT2D eigenvalue weighted by atomic mass is 10.1. The minimum atomic E-state index is -0.185. The molecule has 120 valence electrons. The number of carbonyl (C=O) groups excluding carboxylic acids is 1. The number of halogens is 1. The lowest BCUT2D eigenvalue weighted by Crippen LogP contribution is -2.26. The summed E-state index contributed by atoms with van der Waals surface area (Å²) in [6.07, 6.45) is 0.916. The van der Waals surface area contributed by atoms with Gasteiger partial charge in [0.05, 0.1) is 12.2 Å². The van der Waals surface area contributed by atoms with Gasteiger partial charge in [-0.1, -0.05) is 41.9 Å². The molecular weight excluding hydrogens is 314 g/mol. The molecule has 1 aliphatic heterocycles. The molecule has 0 radical (unpaired) electrons. The average Bonchev–Trinajstić information content (AvgIpc) is 3.39. The van der Waals surface area contributed by atoms with E-state index in [0.717, 1.165) is 6.42 Å². The molecule has 1 unspecified atom stereocenters. The van der Waals surface area contributed by atoms with Gasteiger partial charge in [0.1, 0.15) is 18.5 Å². The summed E-state index contributed by atoms with van der Waals surface area (Å²) >= 11 is 6.01. The first kappa shape index (κ1) is 15.8. The van der Waals surface area contributed by atoms with Crippen molar-refractivity contribution in [2.75, 3.05) is 19.8 Å². The standard InChI is InChI=1S/C18H18ClNO3/c19-14-6-7-17(23-12-15-11-22-15)16(10-14)18(21)20-9-8-13-4-2-1-3-5-13/h1-7,10,15H,8-9,11-12H2,(H,20,21). The molecule has 1 atom stereocenters. The Kier molecular flexibility index (Phi) is 5.16. The Labute approximate surface area is 140 Å². The third-order valence-corrected chi connectivity index (χ3v) is 3.79. The first-order chi connectivity index (χ1) is 11.2. The average molecular weight is 332 g/mol. The first-order valence-corrected chi connectivity index (χ1v) is 7.96. The largest absolute Gasteiger partial charge is 0.490 e. The van der Waals surface area contributed by atoms with Gasteiger partial charge in [0.25, 0.3) is 5.91 Å². The molecule has 4 nitrogen and oxygen atoms in total. The third-order valence-electron chi connectivity index (χ3n) is 3.56. The van der Waals surface area contributed by atoms with Gasteiger partial charge in [-0.15, -0.1) is 0 Å². The number of carbonyl (C=O) groups is 1. The fraction of sp³-hybridized carbons (Fsp3) is 0.278. The van der Waals surface area contributed by atoms with Gasteiger partial charge in [-0.05, 0) is 30.2 Å². The fourth-order valence-electron chi connectivity index (χ4n) is 2.21. The summed E-state index contributed by atoms with van der Waals surface area (Å²) in [5.41, 5.74) is 1.63. The summed E-state index contributed by atoms with van der Waals surface area (Å²) in [6.45, 7) is 1.72. The second-order valence-electron chi connectivity index (χ2n) is 5.40. The molecule has 1 fully saturated rings. The number of ether oxygens (including phenoxy) is 2. The molecule has 0 aliphatic carbocycles. The molecule has 3 rings (SSSR count). The molecule has 1 aliphatic rings. The summed E-state index contributed by atoms with van der Waals surface area (Å²) in [7, 11) is 0. The SMILES string of the molecule is O=C(NCCc1ccccc1)c1cc(Cl)ccc1OCC1CO1. The van der Waals surface area contributed by atoms with Gasteiger partial charge in [0.2, 0.25) is 0 Å². The number of nitrogens with one attached hydrogen (secondary N) is 1. The van der Waals surface area contributed by atoms with Crippen molar-refractivity contribution in [1.82, 2.24) is 5.32 Å². The lowest BCUT2D eigenvalue weighted by molar-refractivity contribution is 0.0949. The first-order valence-electron chi connectivity index (χ1n) is 7.58. The van der Waals surface area contributed by atoms with E-state index in [0.29, 0.717) is 36.1 Å². The van der Waals surface area contributed by atoms with Crippen LogP contribution >= 0.6 is 11.6 Å². The number of amides is 1. The van der Waals surface area contributed by atoms with Crippen molar-refractivity contribution in [2.24, 2.45) is 0 Å². The summed E-state index contributed by atoms with van der Waals surface area (Å²) < 4.78 is 10.8. The quantitative estimate of drug-likeness (QED) is 0.793. The van der Waals surface area contributed by atoms with Crippen LogP contribution in [-0.4, -0.2) is 31.8 Å². The van der Waals surface area contributed by atoms with Gasteiger partial charge in [-0.25, -0.2) is 0 Å². The van der Waals surface area contributed by atoms with Crippen molar-refractivity contribution in [2.45, 2.75) is 12.5 Å². The fourth-order valence-corrected chi connectivity index (χ4v) is 2.38. The second-order valence-corrected chi connectivity index (χ2v) is 5.83. The molecule has 0 saturated carbocycles. The van der Waals surface area contributed by atoms with E-state index in [1.54, 1.807) is 18.2 Å². The topological polar surface area (TPSA) is 50.9 Å². The lowest BCUT2D eigenvalue weighted by Gasteiger charge is -2.11. The summed E-state index contributed by atoms with van der Waals surface area (Å²) in [5.74, 6) is 0.345. The second kappa shape index (κ2) is 7.49. The summed E-state index contributed by atoms with van der Waals surface area (Å²) in [5, 5.41) is 3.42. The van der Waals surface area contributed by atoms with Crippen LogP contribution < -0.4 is 10.1 Å². The summed E-state index contributed by atoms with van der Waals surface area (Å²) in [6, 6.07) is 15.1. The number of hydrogen-bond donors (Lipinski definition) is 1. The minimum Gasteiger partial charge on any atom is -0.490 e. The van der Waals surface area contributed by atoms with Crippen LogP contribution in [-0.2, 0) is 11.2 Å². The van der Waals surface area contributed by atoms with Crippen LogP contribution in [0.25, 0.3) is 0 Å². The monoisotopic (exact) mass is 331 g/mol. The smallest absolute Gasteiger partial charge is 0.255 e. The molecule has 0 aromatic heterocycles. The Morgan fingerprint density at radius 1 is 1.26 bits per heavy atom. The van der Waals surface area contributed by atoms with Crippen LogP contribution in [0.3, 0.4) is 0 Å². The molecular formula is C18H18ClNO3. The maximum atomic E-state index is 12.4. The predicted octanol–water partition coefficient (Wildman–Crippen LogP) is 3.09. The number of rotatable bonds is 7. The van der Waals surface area contributed by atoms with Gasteiger partial charge < -0.3 is 14.8 Å². The summed E-state index contributed by atoms with van der Waals surface area (Å²) in [4.78, 5) is 12.4. The van der Waals surface area contributed by atoms with E-state index in [1.165, 1.54) is 5.56 Å². The molecule has 2 aromatic rings. The van der Waals surface area contributed by atoms with Gasteiger partial charge in [-0.2, -0.15) is 0 Å². The zero-order chi connectivity index (χ0) is 16.1. The highest BCUT2D eigenvalue weighted by Crippen LogP contribution is 2.24. The van der Waals surface area contributed by atoms with Crippen molar-refractivity contribution in [1.29, 1.82) is 0 Å².